The van der Waals surface area contributed by atoms with E-state index in [-0.39, 0.29) is 18.1 Å². The number of nitrogens with one attached hydrogen (secondary N) is 2. The molecule has 1 aliphatic rings. The number of urea groups is 1. The molecule has 1 heterocycles. The summed E-state index contributed by atoms with van der Waals surface area (Å²) in [5.41, 5.74) is 2.04. The van der Waals surface area contributed by atoms with Gasteiger partial charge in [0.1, 0.15) is 11.8 Å². The molecule has 1 fully saturated rings. The fourth-order valence-corrected chi connectivity index (χ4v) is 3.58. The van der Waals surface area contributed by atoms with Crippen molar-refractivity contribution < 1.29 is 4.79 Å². The van der Waals surface area contributed by atoms with E-state index in [2.05, 4.69) is 47.4 Å². The Balaban J connectivity index is 2.13. The molecule has 0 saturated carbocycles. The summed E-state index contributed by atoms with van der Waals surface area (Å²) in [6.07, 6.45) is 4.52. The number of rotatable bonds is 7. The second-order valence-electron chi connectivity index (χ2n) is 7.14. The first-order valence-electron chi connectivity index (χ1n) is 9.86. The Morgan fingerprint density at radius 3 is 2.75 bits per heavy atom. The fraction of sp³-hybridized carbons (Fsp3) is 0.524. The number of benzene rings is 1. The number of hydrogen-bond donors (Lipinski definition) is 2. The highest BCUT2D eigenvalue weighted by atomic mass is 35.5. The quantitative estimate of drug-likeness (QED) is 0.412. The van der Waals surface area contributed by atoms with Crippen LogP contribution in [0.25, 0.3) is 0 Å². The number of aliphatic imine (C=N–C) groups is 1. The predicted molar refractivity (Wildman–Crippen MR) is 118 cm³/mol. The van der Waals surface area contributed by atoms with Crippen LogP contribution in [0.15, 0.2) is 41.2 Å². The number of carbonyl (C=O) groups is 1. The number of allylic oxidation sites excluding steroid dienone is 1. The maximum Gasteiger partial charge on any atom is 0.322 e. The standard InChI is InChI=1S/C21H32ClN5O/c1-5-17-8-6-7-9-18(17)25-21(28)27-13-12-26(14-19(27)16(2)3)20(23-4)10-11-24-15-22/h6-11,16,19,23H,5,12-15H2,1-4H3,(H,25,28)/b20-10+,24-11-. The molecule has 2 rings (SSSR count). The molecule has 1 aromatic rings. The summed E-state index contributed by atoms with van der Waals surface area (Å²) in [4.78, 5) is 21.3. The summed E-state index contributed by atoms with van der Waals surface area (Å²) in [5.74, 6) is 1.32. The summed E-state index contributed by atoms with van der Waals surface area (Å²) in [7, 11) is 1.89. The van der Waals surface area contributed by atoms with Gasteiger partial charge in [0.05, 0.1) is 6.04 Å². The molecular weight excluding hydrogens is 374 g/mol. The van der Waals surface area contributed by atoms with Crippen LogP contribution in [-0.2, 0) is 6.42 Å². The first kappa shape index (κ1) is 22.1. The van der Waals surface area contributed by atoms with E-state index in [0.29, 0.717) is 12.5 Å². The Morgan fingerprint density at radius 1 is 1.36 bits per heavy atom. The van der Waals surface area contributed by atoms with Crippen LogP contribution < -0.4 is 10.6 Å². The third kappa shape index (κ3) is 5.64. The van der Waals surface area contributed by atoms with Crippen molar-refractivity contribution in [1.29, 1.82) is 0 Å². The zero-order valence-electron chi connectivity index (χ0n) is 17.3. The highest BCUT2D eigenvalue weighted by molar-refractivity contribution is 6.18. The molecule has 0 spiro atoms. The third-order valence-corrected chi connectivity index (χ3v) is 5.23. The lowest BCUT2D eigenvalue weighted by atomic mass is 9.99. The average Bonchev–Trinajstić information content (AvgIpc) is 2.71. The van der Waals surface area contributed by atoms with E-state index in [1.165, 1.54) is 0 Å². The Bertz CT molecular complexity index is 704. The number of halogens is 1. The lowest BCUT2D eigenvalue weighted by molar-refractivity contribution is 0.0925. The number of alkyl halides is 1. The predicted octanol–water partition coefficient (Wildman–Crippen LogP) is 3.75. The van der Waals surface area contributed by atoms with Crippen molar-refractivity contribution in [3.63, 3.8) is 0 Å². The van der Waals surface area contributed by atoms with E-state index in [1.807, 2.05) is 36.2 Å². The number of nitrogens with zero attached hydrogens (tertiary/aromatic N) is 3. The van der Waals surface area contributed by atoms with Gasteiger partial charge in [-0.15, -0.1) is 11.6 Å². The lowest BCUT2D eigenvalue weighted by Gasteiger charge is -2.44. The molecule has 2 amide bonds. The topological polar surface area (TPSA) is 60.0 Å². The first-order valence-corrected chi connectivity index (χ1v) is 10.4. The molecule has 1 saturated heterocycles. The molecule has 154 valence electrons. The van der Waals surface area contributed by atoms with Gasteiger partial charge in [-0.05, 0) is 30.0 Å². The molecule has 1 aliphatic heterocycles. The van der Waals surface area contributed by atoms with Crippen molar-refractivity contribution in [3.8, 4) is 0 Å². The SMILES string of the molecule is CCc1ccccc1NC(=O)N1CCN(/C(=C/C=N\CCl)NC)CC1C(C)C. The van der Waals surface area contributed by atoms with Crippen LogP contribution >= 0.6 is 11.6 Å². The minimum absolute atomic E-state index is 0.0297. The Labute approximate surface area is 173 Å². The van der Waals surface area contributed by atoms with Crippen molar-refractivity contribution in [1.82, 2.24) is 15.1 Å². The van der Waals surface area contributed by atoms with Crippen molar-refractivity contribution in [3.05, 3.63) is 41.7 Å². The number of aryl methyl sites for hydroxylation is 1. The van der Waals surface area contributed by atoms with Gasteiger partial charge in [0.2, 0.25) is 0 Å². The molecule has 1 atom stereocenters. The van der Waals surface area contributed by atoms with Crippen LogP contribution in [-0.4, -0.2) is 60.8 Å². The van der Waals surface area contributed by atoms with Gasteiger partial charge >= 0.3 is 6.03 Å². The molecular formula is C21H32ClN5O. The summed E-state index contributed by atoms with van der Waals surface area (Å²) in [6, 6.07) is 8.31. The maximum absolute atomic E-state index is 13.0. The summed E-state index contributed by atoms with van der Waals surface area (Å²) < 4.78 is 0. The smallest absolute Gasteiger partial charge is 0.322 e. The van der Waals surface area contributed by atoms with Gasteiger partial charge in [0.15, 0.2) is 0 Å². The van der Waals surface area contributed by atoms with Crippen LogP contribution in [0, 0.1) is 5.92 Å². The van der Waals surface area contributed by atoms with Crippen LogP contribution in [0.3, 0.4) is 0 Å². The fourth-order valence-electron chi connectivity index (χ4n) is 3.50. The Kier molecular flexibility index (Phi) is 8.64. The average molecular weight is 406 g/mol. The number of hydrogen-bond acceptors (Lipinski definition) is 4. The summed E-state index contributed by atoms with van der Waals surface area (Å²) >= 11 is 5.61. The van der Waals surface area contributed by atoms with E-state index in [4.69, 9.17) is 11.6 Å². The third-order valence-electron chi connectivity index (χ3n) is 5.09. The van der Waals surface area contributed by atoms with Gasteiger partial charge in [-0.2, -0.15) is 0 Å². The van der Waals surface area contributed by atoms with Gasteiger partial charge in [-0.1, -0.05) is 39.0 Å². The van der Waals surface area contributed by atoms with E-state index in [0.717, 1.165) is 36.6 Å². The molecule has 28 heavy (non-hydrogen) atoms. The van der Waals surface area contributed by atoms with Crippen molar-refractivity contribution in [2.75, 3.05) is 38.0 Å². The number of piperazine rings is 1. The highest BCUT2D eigenvalue weighted by Gasteiger charge is 2.33. The van der Waals surface area contributed by atoms with Crippen molar-refractivity contribution in [2.24, 2.45) is 10.9 Å². The van der Waals surface area contributed by atoms with Gasteiger partial charge < -0.3 is 20.4 Å². The molecule has 0 aliphatic carbocycles. The molecule has 7 heteroatoms. The zero-order chi connectivity index (χ0) is 20.5. The maximum atomic E-state index is 13.0. The zero-order valence-corrected chi connectivity index (χ0v) is 18.0. The van der Waals surface area contributed by atoms with E-state index in [1.54, 1.807) is 6.21 Å². The van der Waals surface area contributed by atoms with Crippen molar-refractivity contribution >= 4 is 29.5 Å². The second kappa shape index (κ2) is 11.0. The molecule has 2 N–H and O–H groups in total. The van der Waals surface area contributed by atoms with E-state index < -0.39 is 0 Å². The highest BCUT2D eigenvalue weighted by Crippen LogP contribution is 2.22. The lowest BCUT2D eigenvalue weighted by Crippen LogP contribution is -2.58. The van der Waals surface area contributed by atoms with Crippen LogP contribution in [0.1, 0.15) is 26.3 Å². The molecule has 0 radical (unpaired) electrons. The van der Waals surface area contributed by atoms with E-state index in [9.17, 15) is 4.79 Å². The first-order chi connectivity index (χ1) is 13.5. The second-order valence-corrected chi connectivity index (χ2v) is 7.38. The van der Waals surface area contributed by atoms with Crippen LogP contribution in [0.5, 0.6) is 0 Å². The van der Waals surface area contributed by atoms with Gasteiger partial charge in [0.25, 0.3) is 0 Å². The number of carbonyl (C=O) groups excluding carboxylic acids is 1. The number of anilines is 1. The number of para-hydroxylation sites is 1. The van der Waals surface area contributed by atoms with Crippen molar-refractivity contribution in [2.45, 2.75) is 33.2 Å². The summed E-state index contributed by atoms with van der Waals surface area (Å²) in [5, 5.41) is 6.34. The minimum Gasteiger partial charge on any atom is -0.375 e. The van der Waals surface area contributed by atoms with Gasteiger partial charge in [0, 0.05) is 38.6 Å². The molecule has 0 aromatic heterocycles. The van der Waals surface area contributed by atoms with Crippen LogP contribution in [0.4, 0.5) is 10.5 Å². The molecule has 1 aromatic carbocycles. The van der Waals surface area contributed by atoms with Crippen LogP contribution in [0.2, 0.25) is 0 Å². The Hall–Kier alpha value is -2.21. The largest absolute Gasteiger partial charge is 0.375 e. The van der Waals surface area contributed by atoms with Gasteiger partial charge in [-0.3, -0.25) is 4.99 Å². The summed E-state index contributed by atoms with van der Waals surface area (Å²) in [6.45, 7) is 8.60. The molecule has 6 nitrogen and oxygen atoms in total. The minimum atomic E-state index is -0.0297. The monoisotopic (exact) mass is 405 g/mol. The number of amides is 2. The normalized spacial score (nSPS) is 18.1. The Morgan fingerprint density at radius 2 is 2.11 bits per heavy atom. The molecule has 1 unspecified atom stereocenters. The van der Waals surface area contributed by atoms with Gasteiger partial charge in [-0.25, -0.2) is 4.79 Å². The molecule has 0 bridgehead atoms. The van der Waals surface area contributed by atoms with E-state index >= 15 is 0 Å².